The molecule has 0 fully saturated rings. The minimum Gasteiger partial charge on any atom is -0.478 e. The molecule has 2 aromatic rings. The summed E-state index contributed by atoms with van der Waals surface area (Å²) in [7, 11) is -4.03. The monoisotopic (exact) mass is 374 g/mol. The van der Waals surface area contributed by atoms with Crippen molar-refractivity contribution in [2.45, 2.75) is 4.90 Å². The molecule has 1 heterocycles. The fourth-order valence-electron chi connectivity index (χ4n) is 1.49. The first-order valence-corrected chi connectivity index (χ1v) is 7.74. The number of nitrogens with one attached hydrogen (secondary N) is 1. The van der Waals surface area contributed by atoms with Crippen LogP contribution in [0, 0.1) is 5.82 Å². The number of sulfonamides is 1. The molecule has 2 rings (SSSR count). The molecule has 110 valence electrons. The maximum absolute atomic E-state index is 13.3. The number of rotatable bonds is 4. The Morgan fingerprint density at radius 1 is 1.29 bits per heavy atom. The Morgan fingerprint density at radius 3 is 2.57 bits per heavy atom. The number of anilines is 1. The SMILES string of the molecule is O=C(O)c1cc(S(=O)(=O)Nc2ccc(Br)nc2)ccc1F. The van der Waals surface area contributed by atoms with Crippen LogP contribution < -0.4 is 4.72 Å². The molecule has 2 N–H and O–H groups in total. The molecule has 0 aliphatic rings. The highest BCUT2D eigenvalue weighted by atomic mass is 79.9. The highest BCUT2D eigenvalue weighted by Gasteiger charge is 2.19. The molecule has 0 saturated heterocycles. The zero-order valence-corrected chi connectivity index (χ0v) is 12.6. The zero-order valence-electron chi connectivity index (χ0n) is 10.2. The average molecular weight is 375 g/mol. The van der Waals surface area contributed by atoms with E-state index in [2.05, 4.69) is 25.6 Å². The average Bonchev–Trinajstić information content (AvgIpc) is 2.41. The lowest BCUT2D eigenvalue weighted by molar-refractivity contribution is 0.0691. The second-order valence-electron chi connectivity index (χ2n) is 3.92. The molecule has 0 saturated carbocycles. The van der Waals surface area contributed by atoms with Crippen LogP contribution in [0.1, 0.15) is 10.4 Å². The van der Waals surface area contributed by atoms with E-state index in [9.17, 15) is 17.6 Å². The Labute approximate surface area is 127 Å². The van der Waals surface area contributed by atoms with Crippen molar-refractivity contribution in [3.8, 4) is 0 Å². The summed E-state index contributed by atoms with van der Waals surface area (Å²) in [6.45, 7) is 0. The standard InChI is InChI=1S/C12H8BrFN2O4S/c13-11-4-1-7(6-15-11)16-21(19,20)8-2-3-10(14)9(5-8)12(17)18/h1-6,16H,(H,17,18). The van der Waals surface area contributed by atoms with Gasteiger partial charge in [0.15, 0.2) is 0 Å². The Kier molecular flexibility index (Phi) is 4.24. The molecule has 21 heavy (non-hydrogen) atoms. The van der Waals surface area contributed by atoms with Crippen LogP contribution in [0.3, 0.4) is 0 Å². The Balaban J connectivity index is 2.38. The number of halogens is 2. The van der Waals surface area contributed by atoms with Gasteiger partial charge in [0.25, 0.3) is 10.0 Å². The Hall–Kier alpha value is -2.00. The molecule has 0 spiro atoms. The summed E-state index contributed by atoms with van der Waals surface area (Å²) >= 11 is 3.11. The molecule has 0 radical (unpaired) electrons. The van der Waals surface area contributed by atoms with Gasteiger partial charge in [0.2, 0.25) is 0 Å². The van der Waals surface area contributed by atoms with E-state index in [-0.39, 0.29) is 10.6 Å². The van der Waals surface area contributed by atoms with Crippen LogP contribution in [0.5, 0.6) is 0 Å². The lowest BCUT2D eigenvalue weighted by atomic mass is 10.2. The molecule has 1 aromatic carbocycles. The highest BCUT2D eigenvalue weighted by Crippen LogP contribution is 2.19. The highest BCUT2D eigenvalue weighted by molar-refractivity contribution is 9.10. The second kappa shape index (κ2) is 5.78. The molecule has 6 nitrogen and oxygen atoms in total. The van der Waals surface area contributed by atoms with Gasteiger partial charge in [0.05, 0.1) is 22.3 Å². The summed E-state index contributed by atoms with van der Waals surface area (Å²) in [6, 6.07) is 5.53. The molecule has 1 aromatic heterocycles. The van der Waals surface area contributed by atoms with E-state index in [0.717, 1.165) is 18.2 Å². The van der Waals surface area contributed by atoms with Crippen molar-refractivity contribution < 1.29 is 22.7 Å². The van der Waals surface area contributed by atoms with Gasteiger partial charge in [0, 0.05) is 0 Å². The molecule has 0 unspecified atom stereocenters. The summed E-state index contributed by atoms with van der Waals surface area (Å²) < 4.78 is 40.2. The van der Waals surface area contributed by atoms with Crippen LogP contribution in [-0.4, -0.2) is 24.5 Å². The molecule has 0 atom stereocenters. The summed E-state index contributed by atoms with van der Waals surface area (Å²) in [5.41, 5.74) is -0.522. The van der Waals surface area contributed by atoms with Crippen LogP contribution in [-0.2, 0) is 10.0 Å². The third-order valence-electron chi connectivity index (χ3n) is 2.46. The van der Waals surface area contributed by atoms with E-state index in [0.29, 0.717) is 4.60 Å². The van der Waals surface area contributed by atoms with Gasteiger partial charge in [-0.05, 0) is 46.3 Å². The predicted octanol–water partition coefficient (Wildman–Crippen LogP) is 2.48. The molecule has 0 aliphatic carbocycles. The summed E-state index contributed by atoms with van der Waals surface area (Å²) in [5, 5.41) is 8.81. The smallest absolute Gasteiger partial charge is 0.338 e. The van der Waals surface area contributed by atoms with E-state index in [1.54, 1.807) is 0 Å². The molecule has 9 heteroatoms. The van der Waals surface area contributed by atoms with Gasteiger partial charge in [-0.1, -0.05) is 0 Å². The number of nitrogens with zero attached hydrogens (tertiary/aromatic N) is 1. The summed E-state index contributed by atoms with van der Waals surface area (Å²) in [6.07, 6.45) is 1.28. The normalized spacial score (nSPS) is 11.1. The van der Waals surface area contributed by atoms with Crippen LogP contribution in [0.25, 0.3) is 0 Å². The van der Waals surface area contributed by atoms with Crippen LogP contribution in [0.4, 0.5) is 10.1 Å². The van der Waals surface area contributed by atoms with E-state index in [4.69, 9.17) is 5.11 Å². The lowest BCUT2D eigenvalue weighted by Crippen LogP contribution is -2.14. The number of benzene rings is 1. The quantitative estimate of drug-likeness (QED) is 0.801. The first-order chi connectivity index (χ1) is 9.79. The van der Waals surface area contributed by atoms with Crippen molar-refractivity contribution in [3.05, 3.63) is 52.5 Å². The van der Waals surface area contributed by atoms with Crippen LogP contribution >= 0.6 is 15.9 Å². The molecule has 0 bridgehead atoms. The number of hydrogen-bond donors (Lipinski definition) is 2. The Bertz CT molecular complexity index is 793. The third-order valence-corrected chi connectivity index (χ3v) is 4.31. The number of pyridine rings is 1. The second-order valence-corrected chi connectivity index (χ2v) is 6.42. The maximum atomic E-state index is 13.3. The molecule has 0 aliphatic heterocycles. The Morgan fingerprint density at radius 2 is 2.00 bits per heavy atom. The van der Waals surface area contributed by atoms with E-state index in [1.165, 1.54) is 18.3 Å². The minimum absolute atomic E-state index is 0.194. The fraction of sp³-hybridized carbons (Fsp3) is 0. The largest absolute Gasteiger partial charge is 0.478 e. The van der Waals surface area contributed by atoms with Crippen molar-refractivity contribution in [1.29, 1.82) is 0 Å². The summed E-state index contributed by atoms with van der Waals surface area (Å²) in [4.78, 5) is 14.3. The van der Waals surface area contributed by atoms with E-state index < -0.39 is 27.4 Å². The predicted molar refractivity (Wildman–Crippen MR) is 76.1 cm³/mol. The zero-order chi connectivity index (χ0) is 15.6. The topological polar surface area (TPSA) is 96.4 Å². The summed E-state index contributed by atoms with van der Waals surface area (Å²) in [5.74, 6) is -2.55. The van der Waals surface area contributed by atoms with Crippen molar-refractivity contribution >= 4 is 37.6 Å². The van der Waals surface area contributed by atoms with Gasteiger partial charge in [-0.25, -0.2) is 22.6 Å². The first kappa shape index (κ1) is 15.4. The van der Waals surface area contributed by atoms with Crippen molar-refractivity contribution in [2.75, 3.05) is 4.72 Å². The van der Waals surface area contributed by atoms with Gasteiger partial charge in [-0.2, -0.15) is 0 Å². The van der Waals surface area contributed by atoms with Gasteiger partial charge < -0.3 is 5.11 Å². The number of aromatic nitrogens is 1. The van der Waals surface area contributed by atoms with Crippen molar-refractivity contribution in [2.24, 2.45) is 0 Å². The van der Waals surface area contributed by atoms with Gasteiger partial charge in [-0.15, -0.1) is 0 Å². The number of aromatic carboxylic acids is 1. The van der Waals surface area contributed by atoms with Gasteiger partial charge >= 0.3 is 5.97 Å². The number of carboxylic acids is 1. The number of carbonyl (C=O) groups is 1. The van der Waals surface area contributed by atoms with Crippen molar-refractivity contribution in [3.63, 3.8) is 0 Å². The van der Waals surface area contributed by atoms with Crippen LogP contribution in [0.2, 0.25) is 0 Å². The maximum Gasteiger partial charge on any atom is 0.338 e. The van der Waals surface area contributed by atoms with E-state index in [1.807, 2.05) is 0 Å². The van der Waals surface area contributed by atoms with Crippen LogP contribution in [0.15, 0.2) is 46.0 Å². The fourth-order valence-corrected chi connectivity index (χ4v) is 2.79. The van der Waals surface area contributed by atoms with Gasteiger partial charge in [0.1, 0.15) is 10.4 Å². The molecular weight excluding hydrogens is 367 g/mol. The minimum atomic E-state index is -4.03. The van der Waals surface area contributed by atoms with Crippen molar-refractivity contribution in [1.82, 2.24) is 4.98 Å². The van der Waals surface area contributed by atoms with E-state index >= 15 is 0 Å². The number of carboxylic acid groups (broad SMARTS) is 1. The molecular formula is C12H8BrFN2O4S. The first-order valence-electron chi connectivity index (χ1n) is 5.47. The molecule has 0 amide bonds. The lowest BCUT2D eigenvalue weighted by Gasteiger charge is -2.08. The third kappa shape index (κ3) is 3.56. The van der Waals surface area contributed by atoms with Gasteiger partial charge in [-0.3, -0.25) is 4.72 Å². The number of hydrogen-bond acceptors (Lipinski definition) is 4.